The summed E-state index contributed by atoms with van der Waals surface area (Å²) in [6.45, 7) is 2.05. The van der Waals surface area contributed by atoms with Crippen molar-refractivity contribution in [2.24, 2.45) is 5.10 Å². The smallest absolute Gasteiger partial charge is 0.271 e. The minimum atomic E-state index is -0.537. The number of carbonyl (C=O) groups is 1. The molecule has 0 aliphatic carbocycles. The number of aromatic nitrogens is 1. The number of hydrogen-bond acceptors (Lipinski definition) is 4. The van der Waals surface area contributed by atoms with Crippen molar-refractivity contribution in [1.29, 1.82) is 0 Å². The number of hydrogen-bond donors (Lipinski definition) is 1. The van der Waals surface area contributed by atoms with E-state index in [1.54, 1.807) is 6.21 Å². The van der Waals surface area contributed by atoms with Crippen molar-refractivity contribution in [3.05, 3.63) is 142 Å². The van der Waals surface area contributed by atoms with E-state index in [0.717, 1.165) is 39.3 Å². The molecule has 1 heterocycles. The average Bonchev–Trinajstić information content (AvgIpc) is 3.33. The van der Waals surface area contributed by atoms with Crippen molar-refractivity contribution in [2.45, 2.75) is 6.92 Å². The molecule has 0 fully saturated rings. The predicted octanol–water partition coefficient (Wildman–Crippen LogP) is 6.79. The first-order chi connectivity index (χ1) is 18.5. The number of nitro groups is 1. The van der Waals surface area contributed by atoms with Crippen molar-refractivity contribution >= 4 is 17.8 Å². The summed E-state index contributed by atoms with van der Waals surface area (Å²) in [6.07, 6.45) is 1.61. The van der Waals surface area contributed by atoms with Gasteiger partial charge in [-0.25, -0.2) is 5.43 Å². The van der Waals surface area contributed by atoms with Crippen LogP contribution in [0.5, 0.6) is 0 Å². The summed E-state index contributed by atoms with van der Waals surface area (Å²) < 4.78 is 2.19. The molecule has 0 unspecified atom stereocenters. The van der Waals surface area contributed by atoms with Crippen molar-refractivity contribution in [2.75, 3.05) is 0 Å². The highest BCUT2D eigenvalue weighted by atomic mass is 16.6. The molecule has 38 heavy (non-hydrogen) atoms. The molecule has 0 spiro atoms. The monoisotopic (exact) mass is 500 g/mol. The van der Waals surface area contributed by atoms with E-state index >= 15 is 0 Å². The van der Waals surface area contributed by atoms with Gasteiger partial charge in [0.05, 0.1) is 22.5 Å². The number of nitrogens with one attached hydrogen (secondary N) is 1. The highest BCUT2D eigenvalue weighted by Gasteiger charge is 2.19. The quantitative estimate of drug-likeness (QED) is 0.152. The van der Waals surface area contributed by atoms with E-state index < -0.39 is 10.8 Å². The number of aryl methyl sites for hydroxylation is 1. The molecule has 7 heteroatoms. The van der Waals surface area contributed by atoms with Gasteiger partial charge >= 0.3 is 0 Å². The van der Waals surface area contributed by atoms with Crippen molar-refractivity contribution in [1.82, 2.24) is 9.99 Å². The Balaban J connectivity index is 1.60. The fourth-order valence-electron chi connectivity index (χ4n) is 4.29. The molecule has 0 atom stereocenters. The topological polar surface area (TPSA) is 89.5 Å². The van der Waals surface area contributed by atoms with Crippen molar-refractivity contribution < 1.29 is 9.72 Å². The first kappa shape index (κ1) is 24.4. The minimum absolute atomic E-state index is 0.154. The van der Waals surface area contributed by atoms with Gasteiger partial charge in [0.15, 0.2) is 0 Å². The molecule has 0 aliphatic rings. The number of hydrazone groups is 1. The molecule has 7 nitrogen and oxygen atoms in total. The summed E-state index contributed by atoms with van der Waals surface area (Å²) in [5.41, 5.74) is 9.37. The van der Waals surface area contributed by atoms with Crippen LogP contribution in [0.2, 0.25) is 0 Å². The molecule has 5 aromatic rings. The highest BCUT2D eigenvalue weighted by Crippen LogP contribution is 2.35. The van der Waals surface area contributed by atoms with E-state index in [-0.39, 0.29) is 11.3 Å². The van der Waals surface area contributed by atoms with Crippen molar-refractivity contribution in [3.8, 4) is 28.2 Å². The fraction of sp³-hybridized carbons (Fsp3) is 0.0323. The second kappa shape index (κ2) is 10.8. The van der Waals surface area contributed by atoms with Gasteiger partial charge in [0.1, 0.15) is 0 Å². The molecule has 5 rings (SSSR count). The number of nitro benzene ring substituents is 1. The molecular weight excluding hydrogens is 476 g/mol. The lowest BCUT2D eigenvalue weighted by molar-refractivity contribution is -0.384. The number of carbonyl (C=O) groups excluding carboxylic acids is 1. The van der Waals surface area contributed by atoms with E-state index in [0.29, 0.717) is 0 Å². The van der Waals surface area contributed by atoms with E-state index in [1.165, 1.54) is 24.3 Å². The van der Waals surface area contributed by atoms with Gasteiger partial charge in [-0.3, -0.25) is 14.9 Å². The highest BCUT2D eigenvalue weighted by molar-refractivity contribution is 5.97. The summed E-state index contributed by atoms with van der Waals surface area (Å²) in [7, 11) is 0. The van der Waals surface area contributed by atoms with Crippen LogP contribution >= 0.6 is 0 Å². The van der Waals surface area contributed by atoms with Gasteiger partial charge in [0.2, 0.25) is 0 Å². The maximum absolute atomic E-state index is 12.7. The second-order valence-electron chi connectivity index (χ2n) is 8.74. The van der Waals surface area contributed by atoms with Crippen molar-refractivity contribution in [3.63, 3.8) is 0 Å². The van der Waals surface area contributed by atoms with Gasteiger partial charge in [-0.2, -0.15) is 5.10 Å². The molecule has 0 bridgehead atoms. The molecular formula is C31H24N4O3. The Bertz CT molecular complexity index is 1620. The molecule has 1 amide bonds. The average molecular weight is 501 g/mol. The number of non-ortho nitro benzene ring substituents is 1. The Morgan fingerprint density at radius 2 is 1.50 bits per heavy atom. The molecule has 0 saturated carbocycles. The van der Waals surface area contributed by atoms with E-state index in [4.69, 9.17) is 0 Å². The maximum Gasteiger partial charge on any atom is 0.271 e. The first-order valence-corrected chi connectivity index (χ1v) is 12.0. The molecule has 1 N–H and O–H groups in total. The Morgan fingerprint density at radius 1 is 0.842 bits per heavy atom. The van der Waals surface area contributed by atoms with Gasteiger partial charge in [-0.15, -0.1) is 0 Å². The largest absolute Gasteiger partial charge is 0.309 e. The number of benzene rings is 4. The van der Waals surface area contributed by atoms with Crippen LogP contribution in [-0.4, -0.2) is 21.6 Å². The zero-order valence-electron chi connectivity index (χ0n) is 20.6. The lowest BCUT2D eigenvalue weighted by Crippen LogP contribution is -2.17. The van der Waals surface area contributed by atoms with Crippen LogP contribution in [0.15, 0.2) is 120 Å². The Kier molecular flexibility index (Phi) is 6.91. The number of amides is 1. The predicted molar refractivity (Wildman–Crippen MR) is 150 cm³/mol. The molecule has 4 aromatic carbocycles. The summed E-state index contributed by atoms with van der Waals surface area (Å²) in [4.78, 5) is 23.2. The summed E-state index contributed by atoms with van der Waals surface area (Å²) in [5.74, 6) is -0.535. The Labute approximate surface area is 219 Å². The molecule has 186 valence electrons. The summed E-state index contributed by atoms with van der Waals surface area (Å²) in [5, 5.41) is 15.3. The zero-order valence-corrected chi connectivity index (χ0v) is 20.6. The van der Waals surface area contributed by atoms with Crippen LogP contribution in [0.25, 0.3) is 28.2 Å². The maximum atomic E-state index is 12.7. The van der Waals surface area contributed by atoms with Gasteiger partial charge in [-0.1, -0.05) is 84.4 Å². The van der Waals surface area contributed by atoms with Gasteiger partial charge in [0, 0.05) is 28.9 Å². The van der Waals surface area contributed by atoms with Crippen LogP contribution in [0, 0.1) is 17.0 Å². The van der Waals surface area contributed by atoms with Gasteiger partial charge in [0.25, 0.3) is 11.6 Å². The van der Waals surface area contributed by atoms with Crippen LogP contribution in [-0.2, 0) is 0 Å². The van der Waals surface area contributed by atoms with Gasteiger partial charge in [-0.05, 0) is 42.3 Å². The van der Waals surface area contributed by atoms with Crippen LogP contribution < -0.4 is 5.43 Å². The normalized spacial score (nSPS) is 11.0. The number of nitrogens with zero attached hydrogens (tertiary/aromatic N) is 3. The lowest BCUT2D eigenvalue weighted by Gasteiger charge is -2.15. The zero-order chi connectivity index (χ0) is 26.5. The van der Waals surface area contributed by atoms with Crippen LogP contribution in [0.3, 0.4) is 0 Å². The van der Waals surface area contributed by atoms with Crippen LogP contribution in [0.4, 0.5) is 5.69 Å². The minimum Gasteiger partial charge on any atom is -0.309 e. The molecule has 0 aliphatic heterocycles. The molecule has 0 radical (unpaired) electrons. The fourth-order valence-corrected chi connectivity index (χ4v) is 4.29. The van der Waals surface area contributed by atoms with E-state index in [2.05, 4.69) is 58.4 Å². The third-order valence-corrected chi connectivity index (χ3v) is 6.13. The summed E-state index contributed by atoms with van der Waals surface area (Å²) >= 11 is 0. The lowest BCUT2D eigenvalue weighted by atomic mass is 10.1. The first-order valence-electron chi connectivity index (χ1n) is 12.0. The van der Waals surface area contributed by atoms with Crippen LogP contribution in [0.1, 0.15) is 21.5 Å². The third kappa shape index (κ3) is 5.12. The third-order valence-electron chi connectivity index (χ3n) is 6.13. The van der Waals surface area contributed by atoms with E-state index in [9.17, 15) is 14.9 Å². The molecule has 1 aromatic heterocycles. The SMILES string of the molecule is Cc1ccc(-n2c(-c3ccccc3)cc(/C=N/NC(=O)c3cccc([N+](=O)[O-])c3)c2-c2ccccc2)cc1. The Hall–Kier alpha value is -5.30. The summed E-state index contributed by atoms with van der Waals surface area (Å²) in [6, 6.07) is 36.0. The van der Waals surface area contributed by atoms with E-state index in [1.807, 2.05) is 54.6 Å². The number of rotatable bonds is 7. The molecule has 0 saturated heterocycles. The Morgan fingerprint density at radius 3 is 2.16 bits per heavy atom. The second-order valence-corrected chi connectivity index (χ2v) is 8.74. The van der Waals surface area contributed by atoms with Gasteiger partial charge < -0.3 is 4.57 Å². The standard InChI is InChI=1S/C31H24N4O3/c1-22-15-17-27(18-16-22)34-29(23-9-4-2-5-10-23)20-26(30(34)24-11-6-3-7-12-24)21-32-33-31(36)25-13-8-14-28(19-25)35(37)38/h2-21H,1H3,(H,33,36)/b32-21+.